The average molecular weight is 368 g/mol. The smallest absolute Gasteiger partial charge is 0.326 e. The van der Waals surface area contributed by atoms with Crippen LogP contribution in [0.3, 0.4) is 0 Å². The van der Waals surface area contributed by atoms with E-state index in [0.717, 1.165) is 17.0 Å². The van der Waals surface area contributed by atoms with Crippen LogP contribution in [-0.4, -0.2) is 22.8 Å². The third-order valence-corrected chi connectivity index (χ3v) is 4.86. The van der Waals surface area contributed by atoms with Gasteiger partial charge < -0.3 is 10.2 Å². The molecule has 3 rings (SSSR count). The van der Waals surface area contributed by atoms with Crippen molar-refractivity contribution >= 4 is 28.8 Å². The maximum absolute atomic E-state index is 12.8. The number of amides is 2. The summed E-state index contributed by atoms with van der Waals surface area (Å²) in [6.07, 6.45) is -3.86. The Bertz CT molecular complexity index is 774. The number of anilines is 1. The number of nitrogens with one attached hydrogen (secondary N) is 1. The number of benzene rings is 1. The zero-order valence-electron chi connectivity index (χ0n) is 13.0. The highest BCUT2D eigenvalue weighted by Gasteiger charge is 2.36. The third-order valence-electron chi connectivity index (χ3n) is 3.99. The average Bonchev–Trinajstić information content (AvgIpc) is 3.18. The highest BCUT2D eigenvalue weighted by molar-refractivity contribution is 7.09. The minimum atomic E-state index is -4.48. The molecule has 1 N–H and O–H groups in total. The van der Waals surface area contributed by atoms with Crippen molar-refractivity contribution in [2.75, 3.05) is 5.32 Å². The quantitative estimate of drug-likeness (QED) is 0.890. The molecule has 1 aromatic carbocycles. The molecule has 1 fully saturated rings. The van der Waals surface area contributed by atoms with Crippen molar-refractivity contribution in [3.05, 3.63) is 52.2 Å². The molecule has 0 saturated carbocycles. The molecule has 132 valence electrons. The molecular formula is C17H15F3N2O2S. The van der Waals surface area contributed by atoms with Crippen molar-refractivity contribution in [2.45, 2.75) is 31.6 Å². The molecule has 1 aromatic heterocycles. The lowest BCUT2D eigenvalue weighted by atomic mass is 10.1. The third kappa shape index (κ3) is 4.01. The summed E-state index contributed by atoms with van der Waals surface area (Å²) in [6, 6.07) is 7.52. The molecule has 1 atom stereocenters. The Labute approximate surface area is 146 Å². The number of thiophene rings is 1. The Hall–Kier alpha value is -2.35. The topological polar surface area (TPSA) is 49.4 Å². The van der Waals surface area contributed by atoms with Crippen LogP contribution in [0.2, 0.25) is 0 Å². The van der Waals surface area contributed by atoms with Crippen molar-refractivity contribution in [3.8, 4) is 0 Å². The zero-order valence-corrected chi connectivity index (χ0v) is 13.9. The molecule has 8 heteroatoms. The van der Waals surface area contributed by atoms with Gasteiger partial charge in [-0.3, -0.25) is 9.59 Å². The van der Waals surface area contributed by atoms with Gasteiger partial charge in [-0.1, -0.05) is 12.1 Å². The lowest BCUT2D eigenvalue weighted by molar-refractivity contribution is -0.137. The van der Waals surface area contributed by atoms with Gasteiger partial charge in [-0.25, -0.2) is 0 Å². The van der Waals surface area contributed by atoms with Crippen molar-refractivity contribution in [1.82, 2.24) is 4.90 Å². The summed E-state index contributed by atoms with van der Waals surface area (Å²) in [6.45, 7) is 0.331. The lowest BCUT2D eigenvalue weighted by Crippen LogP contribution is -2.41. The van der Waals surface area contributed by atoms with Crippen LogP contribution in [0, 0.1) is 0 Å². The van der Waals surface area contributed by atoms with E-state index in [-0.39, 0.29) is 18.0 Å². The molecular weight excluding hydrogens is 353 g/mol. The number of hydrogen-bond donors (Lipinski definition) is 1. The first-order valence-electron chi connectivity index (χ1n) is 7.64. The number of nitrogens with zero attached hydrogens (tertiary/aromatic N) is 1. The van der Waals surface area contributed by atoms with Crippen molar-refractivity contribution < 1.29 is 22.8 Å². The summed E-state index contributed by atoms with van der Waals surface area (Å²) in [5.41, 5.74) is -0.765. The number of likely N-dealkylation sites (tertiary alicyclic amines) is 1. The standard InChI is InChI=1S/C17H15F3N2O2S/c18-17(19,20)11-3-1-4-12(9-11)21-16(24)14-6-7-15(23)22(14)10-13-5-2-8-25-13/h1-5,8-9,14H,6-7,10H2,(H,21,24)/t14-/m0/s1. The molecule has 2 aromatic rings. The zero-order chi connectivity index (χ0) is 18.0. The van der Waals surface area contributed by atoms with Gasteiger partial charge in [0.2, 0.25) is 11.8 Å². The summed E-state index contributed by atoms with van der Waals surface area (Å²) in [4.78, 5) is 27.0. The first-order chi connectivity index (χ1) is 11.8. The van der Waals surface area contributed by atoms with Crippen LogP contribution >= 0.6 is 11.3 Å². The second-order valence-electron chi connectivity index (χ2n) is 5.72. The minimum absolute atomic E-state index is 0.0650. The van der Waals surface area contributed by atoms with Crippen LogP contribution in [0.4, 0.5) is 18.9 Å². The fourth-order valence-electron chi connectivity index (χ4n) is 2.77. The number of carbonyl (C=O) groups excluding carboxylic acids is 2. The number of carbonyl (C=O) groups is 2. The highest BCUT2D eigenvalue weighted by Crippen LogP contribution is 2.31. The highest BCUT2D eigenvalue weighted by atomic mass is 32.1. The largest absolute Gasteiger partial charge is 0.416 e. The van der Waals surface area contributed by atoms with E-state index in [1.807, 2.05) is 17.5 Å². The molecule has 1 saturated heterocycles. The van der Waals surface area contributed by atoms with Crippen LogP contribution < -0.4 is 5.32 Å². The maximum Gasteiger partial charge on any atom is 0.416 e. The first kappa shape index (κ1) is 17.5. The minimum Gasteiger partial charge on any atom is -0.326 e. The van der Waals surface area contributed by atoms with Crippen molar-refractivity contribution in [3.63, 3.8) is 0 Å². The van der Waals surface area contributed by atoms with Crippen LogP contribution in [0.5, 0.6) is 0 Å². The monoisotopic (exact) mass is 368 g/mol. The van der Waals surface area contributed by atoms with E-state index in [2.05, 4.69) is 5.32 Å². The fraction of sp³-hybridized carbons (Fsp3) is 0.294. The van der Waals surface area contributed by atoms with Gasteiger partial charge in [-0.05, 0) is 36.1 Å². The lowest BCUT2D eigenvalue weighted by Gasteiger charge is -2.23. The van der Waals surface area contributed by atoms with E-state index < -0.39 is 23.7 Å². The van der Waals surface area contributed by atoms with Gasteiger partial charge in [0.25, 0.3) is 0 Å². The Kier molecular flexibility index (Phi) is 4.80. The Morgan fingerprint density at radius 2 is 2.08 bits per heavy atom. The van der Waals surface area contributed by atoms with Gasteiger partial charge in [-0.2, -0.15) is 13.2 Å². The van der Waals surface area contributed by atoms with Gasteiger partial charge in [-0.15, -0.1) is 11.3 Å². The Morgan fingerprint density at radius 1 is 1.28 bits per heavy atom. The van der Waals surface area contributed by atoms with E-state index >= 15 is 0 Å². The van der Waals surface area contributed by atoms with Crippen LogP contribution in [0.15, 0.2) is 41.8 Å². The van der Waals surface area contributed by atoms with Gasteiger partial charge >= 0.3 is 6.18 Å². The molecule has 0 radical (unpaired) electrons. The molecule has 1 aliphatic heterocycles. The van der Waals surface area contributed by atoms with E-state index in [0.29, 0.717) is 13.0 Å². The Balaban J connectivity index is 1.73. The first-order valence-corrected chi connectivity index (χ1v) is 8.52. The SMILES string of the molecule is O=C(Nc1cccc(C(F)(F)F)c1)[C@@H]1CCC(=O)N1Cc1cccs1. The molecule has 25 heavy (non-hydrogen) atoms. The second-order valence-corrected chi connectivity index (χ2v) is 6.76. The number of rotatable bonds is 4. The van der Waals surface area contributed by atoms with Crippen LogP contribution in [-0.2, 0) is 22.3 Å². The summed E-state index contributed by atoms with van der Waals surface area (Å²) in [7, 11) is 0. The summed E-state index contributed by atoms with van der Waals surface area (Å²) < 4.78 is 38.3. The molecule has 2 amide bonds. The van der Waals surface area contributed by atoms with Gasteiger partial charge in [0.15, 0.2) is 0 Å². The molecule has 1 aliphatic rings. The number of halogens is 3. The second kappa shape index (κ2) is 6.87. The fourth-order valence-corrected chi connectivity index (χ4v) is 3.48. The van der Waals surface area contributed by atoms with Crippen molar-refractivity contribution in [1.29, 1.82) is 0 Å². The molecule has 4 nitrogen and oxygen atoms in total. The van der Waals surface area contributed by atoms with Crippen LogP contribution in [0.25, 0.3) is 0 Å². The van der Waals surface area contributed by atoms with Gasteiger partial charge in [0.05, 0.1) is 12.1 Å². The van der Waals surface area contributed by atoms with Crippen molar-refractivity contribution in [2.24, 2.45) is 0 Å². The predicted molar refractivity (Wildman–Crippen MR) is 88.0 cm³/mol. The van der Waals surface area contributed by atoms with Gasteiger partial charge in [0, 0.05) is 17.0 Å². The number of hydrogen-bond acceptors (Lipinski definition) is 3. The Morgan fingerprint density at radius 3 is 2.76 bits per heavy atom. The summed E-state index contributed by atoms with van der Waals surface area (Å²) in [5, 5.41) is 4.38. The maximum atomic E-state index is 12.8. The molecule has 0 unspecified atom stereocenters. The molecule has 2 heterocycles. The van der Waals surface area contributed by atoms with E-state index in [9.17, 15) is 22.8 Å². The van der Waals surface area contributed by atoms with E-state index in [4.69, 9.17) is 0 Å². The molecule has 0 bridgehead atoms. The van der Waals surface area contributed by atoms with Crippen LogP contribution in [0.1, 0.15) is 23.3 Å². The predicted octanol–water partition coefficient (Wildman–Crippen LogP) is 3.90. The van der Waals surface area contributed by atoms with Gasteiger partial charge in [0.1, 0.15) is 6.04 Å². The summed E-state index contributed by atoms with van der Waals surface area (Å²) >= 11 is 1.48. The van der Waals surface area contributed by atoms with E-state index in [1.54, 1.807) is 0 Å². The number of alkyl halides is 3. The normalized spacial score (nSPS) is 17.8. The molecule has 0 aliphatic carbocycles. The summed E-state index contributed by atoms with van der Waals surface area (Å²) in [5.74, 6) is -0.598. The molecule has 0 spiro atoms. The van der Waals surface area contributed by atoms with E-state index in [1.165, 1.54) is 28.4 Å².